The lowest BCUT2D eigenvalue weighted by molar-refractivity contribution is -0.125. The molecular formula is C13H15Cl2N3O2. The summed E-state index contributed by atoms with van der Waals surface area (Å²) in [7, 11) is 1.54. The zero-order chi connectivity index (χ0) is 14.7. The van der Waals surface area contributed by atoms with Gasteiger partial charge in [0, 0.05) is 26.7 Å². The number of nitrogens with zero attached hydrogens (tertiary/aromatic N) is 1. The Kier molecular flexibility index (Phi) is 4.86. The maximum Gasteiger partial charge on any atom is 0.257 e. The van der Waals surface area contributed by atoms with Gasteiger partial charge in [-0.25, -0.2) is 0 Å². The van der Waals surface area contributed by atoms with E-state index in [2.05, 4.69) is 10.6 Å². The van der Waals surface area contributed by atoms with Crippen LogP contribution >= 0.6 is 23.2 Å². The minimum absolute atomic E-state index is 0.214. The number of likely N-dealkylation sites (N-methyl/N-ethyl adjacent to an activating group) is 1. The van der Waals surface area contributed by atoms with Gasteiger partial charge in [0.2, 0.25) is 5.91 Å². The Morgan fingerprint density at radius 3 is 2.60 bits per heavy atom. The highest BCUT2D eigenvalue weighted by atomic mass is 35.5. The highest BCUT2D eigenvalue weighted by Crippen LogP contribution is 2.26. The van der Waals surface area contributed by atoms with E-state index in [1.807, 2.05) is 0 Å². The molecule has 1 atom stereocenters. The van der Waals surface area contributed by atoms with Gasteiger partial charge < -0.3 is 15.5 Å². The van der Waals surface area contributed by atoms with Crippen molar-refractivity contribution in [2.24, 2.45) is 0 Å². The topological polar surface area (TPSA) is 61.4 Å². The third kappa shape index (κ3) is 2.90. The average Bonchev–Trinajstić information content (AvgIpc) is 2.46. The molecule has 1 heterocycles. The summed E-state index contributed by atoms with van der Waals surface area (Å²) in [6, 6.07) is 4.33. The van der Waals surface area contributed by atoms with Gasteiger partial charge in [-0.15, -0.1) is 0 Å². The number of hydrogen-bond donors (Lipinski definition) is 2. The van der Waals surface area contributed by atoms with Gasteiger partial charge >= 0.3 is 0 Å². The summed E-state index contributed by atoms with van der Waals surface area (Å²) in [5.41, 5.74) is 0.242. The van der Waals surface area contributed by atoms with Gasteiger partial charge in [-0.3, -0.25) is 9.59 Å². The van der Waals surface area contributed by atoms with Crippen LogP contribution in [0.1, 0.15) is 10.4 Å². The summed E-state index contributed by atoms with van der Waals surface area (Å²) >= 11 is 12.1. The third-order valence-electron chi connectivity index (χ3n) is 3.23. The molecule has 1 aromatic rings. The van der Waals surface area contributed by atoms with Crippen LogP contribution in [0, 0.1) is 0 Å². The van der Waals surface area contributed by atoms with Crippen molar-refractivity contribution in [3.05, 3.63) is 33.8 Å². The zero-order valence-electron chi connectivity index (χ0n) is 11.0. The van der Waals surface area contributed by atoms with Gasteiger partial charge in [-0.2, -0.15) is 0 Å². The van der Waals surface area contributed by atoms with E-state index in [-0.39, 0.29) is 27.4 Å². The number of hydrogen-bond acceptors (Lipinski definition) is 3. The van der Waals surface area contributed by atoms with E-state index in [1.165, 1.54) is 4.90 Å². The fourth-order valence-corrected chi connectivity index (χ4v) is 2.75. The largest absolute Gasteiger partial charge is 0.357 e. The minimum Gasteiger partial charge on any atom is -0.357 e. The first-order valence-electron chi connectivity index (χ1n) is 6.23. The second-order valence-electron chi connectivity index (χ2n) is 4.43. The Bertz CT molecular complexity index is 516. The van der Waals surface area contributed by atoms with E-state index in [1.54, 1.807) is 25.2 Å². The van der Waals surface area contributed by atoms with Crippen LogP contribution in [0.2, 0.25) is 10.0 Å². The molecule has 1 aliphatic rings. The van der Waals surface area contributed by atoms with Crippen LogP contribution in [0.5, 0.6) is 0 Å². The SMILES string of the molecule is CNC(=O)C1CNCCN1C(=O)c1c(Cl)cccc1Cl. The molecule has 5 nitrogen and oxygen atoms in total. The summed E-state index contributed by atoms with van der Waals surface area (Å²) in [5.74, 6) is -0.538. The van der Waals surface area contributed by atoms with Crippen molar-refractivity contribution in [3.63, 3.8) is 0 Å². The molecule has 2 N–H and O–H groups in total. The standard InChI is InChI=1S/C13H15Cl2N3O2/c1-16-12(19)10-7-17-5-6-18(10)13(20)11-8(14)3-2-4-9(11)15/h2-4,10,17H,5-7H2,1H3,(H,16,19). The van der Waals surface area contributed by atoms with Crippen molar-refractivity contribution in [1.82, 2.24) is 15.5 Å². The maximum absolute atomic E-state index is 12.6. The predicted molar refractivity (Wildman–Crippen MR) is 78.2 cm³/mol. The lowest BCUT2D eigenvalue weighted by Gasteiger charge is -2.35. The minimum atomic E-state index is -0.561. The van der Waals surface area contributed by atoms with Gasteiger partial charge in [0.15, 0.2) is 0 Å². The number of benzene rings is 1. The lowest BCUT2D eigenvalue weighted by atomic mass is 10.1. The fraction of sp³-hybridized carbons (Fsp3) is 0.385. The molecule has 0 spiro atoms. The quantitative estimate of drug-likeness (QED) is 0.860. The second kappa shape index (κ2) is 6.43. The zero-order valence-corrected chi connectivity index (χ0v) is 12.5. The van der Waals surface area contributed by atoms with Crippen molar-refractivity contribution < 1.29 is 9.59 Å². The Labute approximate surface area is 127 Å². The second-order valence-corrected chi connectivity index (χ2v) is 5.24. The monoisotopic (exact) mass is 315 g/mol. The molecule has 0 aromatic heterocycles. The predicted octanol–water partition coefficient (Wildman–Crippen LogP) is 1.15. The van der Waals surface area contributed by atoms with E-state index in [9.17, 15) is 9.59 Å². The van der Waals surface area contributed by atoms with Crippen LogP contribution in [-0.2, 0) is 4.79 Å². The summed E-state index contributed by atoms with van der Waals surface area (Å²) in [6.45, 7) is 1.47. The number of carbonyl (C=O) groups excluding carboxylic acids is 2. The molecule has 2 amide bonds. The van der Waals surface area contributed by atoms with Crippen LogP contribution in [0.25, 0.3) is 0 Å². The number of halogens is 2. The molecule has 1 unspecified atom stereocenters. The van der Waals surface area contributed by atoms with E-state index in [4.69, 9.17) is 23.2 Å². The average molecular weight is 316 g/mol. The fourth-order valence-electron chi connectivity index (χ4n) is 2.19. The lowest BCUT2D eigenvalue weighted by Crippen LogP contribution is -2.59. The summed E-state index contributed by atoms with van der Waals surface area (Å²) in [6.07, 6.45) is 0. The van der Waals surface area contributed by atoms with Crippen molar-refractivity contribution in [2.75, 3.05) is 26.7 Å². The van der Waals surface area contributed by atoms with Gasteiger partial charge in [0.25, 0.3) is 5.91 Å². The molecule has 1 aromatic carbocycles. The van der Waals surface area contributed by atoms with Gasteiger partial charge in [0.05, 0.1) is 15.6 Å². The van der Waals surface area contributed by atoms with Gasteiger partial charge in [0.1, 0.15) is 6.04 Å². The van der Waals surface area contributed by atoms with E-state index < -0.39 is 6.04 Å². The molecule has 0 bridgehead atoms. The molecule has 108 valence electrons. The summed E-state index contributed by atoms with van der Waals surface area (Å²) in [4.78, 5) is 26.0. The number of carbonyl (C=O) groups is 2. The van der Waals surface area contributed by atoms with E-state index >= 15 is 0 Å². The number of amides is 2. The number of piperazine rings is 1. The van der Waals surface area contributed by atoms with Crippen LogP contribution in [0.4, 0.5) is 0 Å². The molecule has 1 aliphatic heterocycles. The molecule has 1 saturated heterocycles. The molecule has 2 rings (SSSR count). The molecule has 20 heavy (non-hydrogen) atoms. The van der Waals surface area contributed by atoms with Crippen molar-refractivity contribution in [1.29, 1.82) is 0 Å². The normalized spacial score (nSPS) is 18.8. The molecule has 0 saturated carbocycles. The van der Waals surface area contributed by atoms with Crippen LogP contribution in [-0.4, -0.2) is 49.4 Å². The van der Waals surface area contributed by atoms with Crippen molar-refractivity contribution >= 4 is 35.0 Å². The van der Waals surface area contributed by atoms with E-state index in [0.29, 0.717) is 19.6 Å². The van der Waals surface area contributed by atoms with Crippen LogP contribution in [0.15, 0.2) is 18.2 Å². The first kappa shape index (κ1) is 15.1. The first-order valence-corrected chi connectivity index (χ1v) is 6.99. The van der Waals surface area contributed by atoms with Gasteiger partial charge in [-0.1, -0.05) is 29.3 Å². The third-order valence-corrected chi connectivity index (χ3v) is 3.86. The Hall–Kier alpha value is -1.30. The molecule has 0 radical (unpaired) electrons. The van der Waals surface area contributed by atoms with Crippen molar-refractivity contribution in [2.45, 2.75) is 6.04 Å². The maximum atomic E-state index is 12.6. The first-order chi connectivity index (χ1) is 9.56. The Balaban J connectivity index is 2.33. The molecule has 7 heteroatoms. The molecule has 1 fully saturated rings. The number of nitrogens with one attached hydrogen (secondary N) is 2. The summed E-state index contributed by atoms with van der Waals surface area (Å²) < 4.78 is 0. The van der Waals surface area contributed by atoms with Gasteiger partial charge in [-0.05, 0) is 12.1 Å². The number of rotatable bonds is 2. The summed E-state index contributed by atoms with van der Waals surface area (Å²) in [5, 5.41) is 6.23. The van der Waals surface area contributed by atoms with Crippen molar-refractivity contribution in [3.8, 4) is 0 Å². The highest BCUT2D eigenvalue weighted by molar-refractivity contribution is 6.39. The molecule has 0 aliphatic carbocycles. The smallest absolute Gasteiger partial charge is 0.257 e. The highest BCUT2D eigenvalue weighted by Gasteiger charge is 2.33. The molecular weight excluding hydrogens is 301 g/mol. The van der Waals surface area contributed by atoms with E-state index in [0.717, 1.165) is 0 Å². The van der Waals surface area contributed by atoms with Crippen LogP contribution < -0.4 is 10.6 Å². The van der Waals surface area contributed by atoms with Crippen LogP contribution in [0.3, 0.4) is 0 Å². The Morgan fingerprint density at radius 1 is 1.35 bits per heavy atom. The Morgan fingerprint density at radius 2 is 2.00 bits per heavy atom.